The maximum atomic E-state index is 13.3. The van der Waals surface area contributed by atoms with Crippen LogP contribution in [0.15, 0.2) is 30.3 Å². The second-order valence-electron chi connectivity index (χ2n) is 8.34. The average molecular weight is 519 g/mol. The first-order valence-electron chi connectivity index (χ1n) is 11.2. The quantitative estimate of drug-likeness (QED) is 0.376. The molecule has 0 aliphatic carbocycles. The smallest absolute Gasteiger partial charge is 0.451 e. The van der Waals surface area contributed by atoms with E-state index in [1.54, 1.807) is 24.3 Å². The lowest BCUT2D eigenvalue weighted by Crippen LogP contribution is -2.36. The number of anilines is 1. The summed E-state index contributed by atoms with van der Waals surface area (Å²) in [5.74, 6) is -0.726. The van der Waals surface area contributed by atoms with Gasteiger partial charge in [-0.05, 0) is 30.2 Å². The summed E-state index contributed by atoms with van der Waals surface area (Å²) in [7, 11) is 0. The Morgan fingerprint density at radius 2 is 1.94 bits per heavy atom. The molecule has 13 heteroatoms. The van der Waals surface area contributed by atoms with Crippen molar-refractivity contribution in [2.75, 3.05) is 11.4 Å². The van der Waals surface area contributed by atoms with Crippen LogP contribution in [0.1, 0.15) is 35.4 Å². The van der Waals surface area contributed by atoms with Gasteiger partial charge >= 0.3 is 18.2 Å². The van der Waals surface area contributed by atoms with Crippen LogP contribution in [0, 0.1) is 0 Å². The molecule has 1 N–H and O–H groups in total. The van der Waals surface area contributed by atoms with Gasteiger partial charge in [0.05, 0.1) is 18.4 Å². The van der Waals surface area contributed by atoms with Gasteiger partial charge in [0.2, 0.25) is 5.82 Å². The molecule has 0 spiro atoms. The molecule has 0 radical (unpaired) electrons. The molecule has 36 heavy (non-hydrogen) atoms. The third-order valence-electron chi connectivity index (χ3n) is 5.69. The fourth-order valence-electron chi connectivity index (χ4n) is 4.10. The number of aryl methyl sites for hydroxylation is 1. The lowest BCUT2D eigenvalue weighted by Gasteiger charge is -2.29. The van der Waals surface area contributed by atoms with Crippen molar-refractivity contribution < 1.29 is 27.8 Å². The summed E-state index contributed by atoms with van der Waals surface area (Å²) < 4.78 is 46.8. The highest BCUT2D eigenvalue weighted by molar-refractivity contribution is 7.18. The summed E-state index contributed by atoms with van der Waals surface area (Å²) in [5.41, 5.74) is 0.630. The van der Waals surface area contributed by atoms with Gasteiger partial charge in [0.1, 0.15) is 16.4 Å². The average Bonchev–Trinajstić information content (AvgIpc) is 3.43. The summed E-state index contributed by atoms with van der Waals surface area (Å²) in [6, 6.07) is 8.71. The number of carbonyl (C=O) groups is 1. The maximum absolute atomic E-state index is 13.3. The van der Waals surface area contributed by atoms with Gasteiger partial charge in [-0.3, -0.25) is 4.79 Å². The number of aliphatic carboxylic acids is 1. The SMILES string of the molecule is CCCc1cc2c(N3CCn4c(nnc4C(F)(F)F)C3)nc(Oc3ccc(CC(=O)O)cc3)nc2s1. The van der Waals surface area contributed by atoms with E-state index in [-0.39, 0.29) is 37.9 Å². The number of ether oxygens (including phenoxy) is 1. The van der Waals surface area contributed by atoms with Crippen LogP contribution in [0.4, 0.5) is 19.0 Å². The Bertz CT molecular complexity index is 1420. The van der Waals surface area contributed by atoms with Gasteiger partial charge in [0.25, 0.3) is 0 Å². The number of carboxylic acids is 1. The number of thiophene rings is 1. The fourth-order valence-corrected chi connectivity index (χ4v) is 5.21. The molecular formula is C23H21F3N6O3S. The Morgan fingerprint density at radius 1 is 1.17 bits per heavy atom. The first kappa shape index (κ1) is 24.0. The molecule has 0 unspecified atom stereocenters. The van der Waals surface area contributed by atoms with E-state index in [9.17, 15) is 18.0 Å². The standard InChI is InChI=1S/C23H21F3N6O3S/c1-2-3-15-11-16-19(31-8-9-32-17(12-31)29-30-21(32)23(24,25)26)27-22(28-20(16)36-15)35-14-6-4-13(5-7-14)10-18(33)34/h4-7,11H,2-3,8-10,12H2,1H3,(H,33,34). The molecule has 1 aromatic carbocycles. The van der Waals surface area contributed by atoms with Gasteiger partial charge in [-0.15, -0.1) is 21.5 Å². The van der Waals surface area contributed by atoms with E-state index in [1.807, 2.05) is 11.0 Å². The van der Waals surface area contributed by atoms with E-state index in [4.69, 9.17) is 9.84 Å². The van der Waals surface area contributed by atoms with Gasteiger partial charge in [-0.2, -0.15) is 23.1 Å². The molecule has 1 aliphatic heterocycles. The van der Waals surface area contributed by atoms with Crippen LogP contribution in [-0.2, 0) is 36.9 Å². The molecule has 188 valence electrons. The van der Waals surface area contributed by atoms with E-state index >= 15 is 0 Å². The monoisotopic (exact) mass is 518 g/mol. The van der Waals surface area contributed by atoms with Gasteiger partial charge in [-0.25, -0.2) is 0 Å². The van der Waals surface area contributed by atoms with E-state index < -0.39 is 18.0 Å². The first-order chi connectivity index (χ1) is 17.2. The predicted octanol–water partition coefficient (Wildman–Crippen LogP) is 4.69. The maximum Gasteiger partial charge on any atom is 0.451 e. The number of benzene rings is 1. The summed E-state index contributed by atoms with van der Waals surface area (Å²) in [6.45, 7) is 2.53. The minimum atomic E-state index is -4.57. The highest BCUT2D eigenvalue weighted by Gasteiger charge is 2.39. The van der Waals surface area contributed by atoms with Crippen molar-refractivity contribution in [2.45, 2.75) is 45.5 Å². The first-order valence-corrected chi connectivity index (χ1v) is 12.1. The summed E-state index contributed by atoms with van der Waals surface area (Å²) in [4.78, 5) is 23.8. The fraction of sp³-hybridized carbons (Fsp3) is 0.348. The van der Waals surface area contributed by atoms with Gasteiger partial charge in [-0.1, -0.05) is 25.5 Å². The summed E-state index contributed by atoms with van der Waals surface area (Å²) in [6.07, 6.45) is -2.85. The number of aromatic nitrogens is 5. The Kier molecular flexibility index (Phi) is 6.24. The number of nitrogens with zero attached hydrogens (tertiary/aromatic N) is 6. The minimum Gasteiger partial charge on any atom is -0.481 e. The molecule has 0 saturated carbocycles. The number of carboxylic acid groups (broad SMARTS) is 1. The van der Waals surface area contributed by atoms with Crippen LogP contribution < -0.4 is 9.64 Å². The number of hydrogen-bond donors (Lipinski definition) is 1. The van der Waals surface area contributed by atoms with Crippen molar-refractivity contribution in [1.82, 2.24) is 24.7 Å². The van der Waals surface area contributed by atoms with Crippen LogP contribution in [0.25, 0.3) is 10.2 Å². The molecule has 0 saturated heterocycles. The second-order valence-corrected chi connectivity index (χ2v) is 9.45. The number of fused-ring (bicyclic) bond motifs is 2. The molecular weight excluding hydrogens is 497 g/mol. The number of halogens is 3. The van der Waals surface area contributed by atoms with Gasteiger partial charge < -0.3 is 19.3 Å². The van der Waals surface area contributed by atoms with E-state index in [0.29, 0.717) is 22.0 Å². The Hall–Kier alpha value is -3.74. The van der Waals surface area contributed by atoms with Crippen LogP contribution >= 0.6 is 11.3 Å². The summed E-state index contributed by atoms with van der Waals surface area (Å²) in [5, 5.41) is 16.9. The predicted molar refractivity (Wildman–Crippen MR) is 125 cm³/mol. The molecule has 0 bridgehead atoms. The molecule has 5 rings (SSSR count). The van der Waals surface area contributed by atoms with Crippen molar-refractivity contribution >= 4 is 33.3 Å². The largest absolute Gasteiger partial charge is 0.481 e. The molecule has 0 fully saturated rings. The zero-order chi connectivity index (χ0) is 25.4. The second kappa shape index (κ2) is 9.37. The normalized spacial score (nSPS) is 13.7. The van der Waals surface area contributed by atoms with Crippen molar-refractivity contribution in [3.63, 3.8) is 0 Å². The van der Waals surface area contributed by atoms with Crippen LogP contribution in [-0.4, -0.2) is 42.4 Å². The zero-order valence-corrected chi connectivity index (χ0v) is 19.9. The third-order valence-corrected chi connectivity index (χ3v) is 6.78. The van der Waals surface area contributed by atoms with Crippen LogP contribution in [0.3, 0.4) is 0 Å². The van der Waals surface area contributed by atoms with Crippen LogP contribution in [0.2, 0.25) is 0 Å². The van der Waals surface area contributed by atoms with Gasteiger partial charge in [0.15, 0.2) is 5.82 Å². The van der Waals surface area contributed by atoms with Crippen molar-refractivity contribution in [2.24, 2.45) is 0 Å². The molecule has 0 amide bonds. The molecule has 4 heterocycles. The van der Waals surface area contributed by atoms with Crippen molar-refractivity contribution in [3.8, 4) is 11.8 Å². The van der Waals surface area contributed by atoms with Gasteiger partial charge in [0, 0.05) is 18.0 Å². The Labute approximate surface area is 207 Å². The molecule has 4 aromatic rings. The lowest BCUT2D eigenvalue weighted by atomic mass is 10.1. The molecule has 1 aliphatic rings. The lowest BCUT2D eigenvalue weighted by molar-refractivity contribution is -0.147. The highest BCUT2D eigenvalue weighted by Crippen LogP contribution is 2.36. The molecule has 0 atom stereocenters. The number of rotatable bonds is 7. The third kappa shape index (κ3) is 4.83. The zero-order valence-electron chi connectivity index (χ0n) is 19.1. The topological polar surface area (TPSA) is 106 Å². The number of hydrogen-bond acceptors (Lipinski definition) is 8. The van der Waals surface area contributed by atoms with E-state index in [1.165, 1.54) is 11.3 Å². The van der Waals surface area contributed by atoms with E-state index in [0.717, 1.165) is 27.7 Å². The summed E-state index contributed by atoms with van der Waals surface area (Å²) >= 11 is 1.52. The molecule has 9 nitrogen and oxygen atoms in total. The Balaban J connectivity index is 1.48. The van der Waals surface area contributed by atoms with Crippen molar-refractivity contribution in [1.29, 1.82) is 0 Å². The van der Waals surface area contributed by atoms with Crippen LogP contribution in [0.5, 0.6) is 11.8 Å². The molecule has 3 aromatic heterocycles. The Morgan fingerprint density at radius 3 is 2.64 bits per heavy atom. The number of alkyl halides is 3. The highest BCUT2D eigenvalue weighted by atomic mass is 32.1. The minimum absolute atomic E-state index is 0.0653. The van der Waals surface area contributed by atoms with Crippen molar-refractivity contribution in [3.05, 3.63) is 52.4 Å². The van der Waals surface area contributed by atoms with E-state index in [2.05, 4.69) is 27.1 Å².